The van der Waals surface area contributed by atoms with Gasteiger partial charge in [0.05, 0.1) is 48.7 Å². The molecule has 3 aromatic carbocycles. The summed E-state index contributed by atoms with van der Waals surface area (Å²) >= 11 is 0. The number of halogens is 2. The van der Waals surface area contributed by atoms with E-state index in [9.17, 15) is 29.4 Å². The molecule has 0 bridgehead atoms. The Labute approximate surface area is 295 Å². The zero-order chi connectivity index (χ0) is 37.3. The van der Waals surface area contributed by atoms with E-state index < -0.39 is 46.6 Å². The van der Waals surface area contributed by atoms with Crippen molar-refractivity contribution in [2.45, 2.75) is 58.3 Å². The van der Waals surface area contributed by atoms with Gasteiger partial charge < -0.3 is 29.2 Å². The third-order valence-corrected chi connectivity index (χ3v) is 7.87. The summed E-state index contributed by atoms with van der Waals surface area (Å²) in [6.45, 7) is 9.27. The van der Waals surface area contributed by atoms with Gasteiger partial charge in [0.15, 0.2) is 0 Å². The molecule has 0 radical (unpaired) electrons. The fraction of sp³-hybridized carbons (Fsp3) is 0.333. The first-order chi connectivity index (χ1) is 24.5. The van der Waals surface area contributed by atoms with Gasteiger partial charge in [-0.3, -0.25) is 0 Å². The second kappa shape index (κ2) is 20.2. The molecule has 0 saturated carbocycles. The first-order valence-corrected chi connectivity index (χ1v) is 16.6. The Morgan fingerprint density at radius 2 is 1.06 bits per heavy atom. The Morgan fingerprint density at radius 1 is 0.627 bits per heavy atom. The fourth-order valence-corrected chi connectivity index (χ4v) is 5.25. The van der Waals surface area contributed by atoms with E-state index in [4.69, 9.17) is 18.9 Å². The van der Waals surface area contributed by atoms with Crippen LogP contribution in [0.1, 0.15) is 77.6 Å². The Morgan fingerprint density at radius 3 is 1.49 bits per heavy atom. The average molecular weight is 709 g/mol. The van der Waals surface area contributed by atoms with E-state index >= 15 is 8.78 Å². The van der Waals surface area contributed by atoms with E-state index in [1.165, 1.54) is 24.3 Å². The summed E-state index contributed by atoms with van der Waals surface area (Å²) in [7, 11) is 0. The van der Waals surface area contributed by atoms with Gasteiger partial charge in [-0.2, -0.15) is 0 Å². The highest BCUT2D eigenvalue weighted by molar-refractivity contribution is 5.93. The molecule has 0 amide bonds. The van der Waals surface area contributed by atoms with Crippen LogP contribution in [0, 0.1) is 18.6 Å². The van der Waals surface area contributed by atoms with Crippen LogP contribution in [0.2, 0.25) is 0 Å². The first-order valence-electron chi connectivity index (χ1n) is 16.6. The van der Waals surface area contributed by atoms with Crippen LogP contribution in [0.15, 0.2) is 67.8 Å². The number of unbranched alkanes of at least 4 members (excludes halogenated alkanes) is 6. The van der Waals surface area contributed by atoms with Crippen LogP contribution in [0.4, 0.5) is 8.78 Å². The summed E-state index contributed by atoms with van der Waals surface area (Å²) in [5.41, 5.74) is -0.259. The van der Waals surface area contributed by atoms with Gasteiger partial charge in [-0.15, -0.1) is 0 Å². The molecule has 0 aliphatic rings. The van der Waals surface area contributed by atoms with Crippen molar-refractivity contribution in [3.8, 4) is 33.8 Å². The van der Waals surface area contributed by atoms with Crippen molar-refractivity contribution >= 4 is 23.9 Å². The van der Waals surface area contributed by atoms with E-state index in [-0.39, 0.29) is 54.6 Å². The summed E-state index contributed by atoms with van der Waals surface area (Å²) in [5.74, 6) is -5.66. The number of carboxylic acids is 2. The number of benzene rings is 3. The van der Waals surface area contributed by atoms with E-state index in [1.807, 2.05) is 0 Å². The molecule has 0 heterocycles. The second-order valence-corrected chi connectivity index (χ2v) is 11.5. The van der Waals surface area contributed by atoms with E-state index in [2.05, 4.69) is 13.2 Å². The molecular formula is C39H42F2O10. The lowest BCUT2D eigenvalue weighted by Gasteiger charge is -2.18. The quantitative estimate of drug-likeness (QED) is 0.0593. The molecule has 0 aromatic heterocycles. The third-order valence-electron chi connectivity index (χ3n) is 7.87. The number of carbonyl (C=O) groups is 4. The van der Waals surface area contributed by atoms with E-state index in [0.29, 0.717) is 36.8 Å². The van der Waals surface area contributed by atoms with Gasteiger partial charge in [0.2, 0.25) is 0 Å². The molecule has 0 saturated heterocycles. The molecule has 0 aliphatic carbocycles. The maximum Gasteiger partial charge on any atom is 0.338 e. The van der Waals surface area contributed by atoms with Gasteiger partial charge in [-0.05, 0) is 99.2 Å². The number of esters is 2. The van der Waals surface area contributed by atoms with Gasteiger partial charge in [0.25, 0.3) is 0 Å². The number of aromatic carboxylic acids is 2. The van der Waals surface area contributed by atoms with Gasteiger partial charge >= 0.3 is 23.9 Å². The predicted molar refractivity (Wildman–Crippen MR) is 186 cm³/mol. The Hall–Kier alpha value is -5.52. The van der Waals surface area contributed by atoms with Crippen LogP contribution in [0.3, 0.4) is 0 Å². The van der Waals surface area contributed by atoms with Gasteiger partial charge in [0, 0.05) is 12.2 Å². The molecule has 0 aliphatic heterocycles. The van der Waals surface area contributed by atoms with Gasteiger partial charge in [0.1, 0.15) is 23.1 Å². The summed E-state index contributed by atoms with van der Waals surface area (Å²) in [6.07, 6.45) is 7.68. The van der Waals surface area contributed by atoms with Gasteiger partial charge in [-0.25, -0.2) is 28.0 Å². The van der Waals surface area contributed by atoms with Crippen molar-refractivity contribution < 1.29 is 57.1 Å². The van der Waals surface area contributed by atoms with Crippen molar-refractivity contribution in [3.63, 3.8) is 0 Å². The molecule has 12 heteroatoms. The minimum Gasteiger partial charge on any atom is -0.493 e. The first kappa shape index (κ1) is 39.9. The highest BCUT2D eigenvalue weighted by Crippen LogP contribution is 2.41. The largest absolute Gasteiger partial charge is 0.493 e. The summed E-state index contributed by atoms with van der Waals surface area (Å²) in [4.78, 5) is 45.9. The minimum absolute atomic E-state index is 0.0780. The van der Waals surface area contributed by atoms with Crippen LogP contribution in [-0.4, -0.2) is 60.5 Å². The fourth-order valence-electron chi connectivity index (χ4n) is 5.25. The van der Waals surface area contributed by atoms with Crippen LogP contribution in [0.5, 0.6) is 11.5 Å². The molecule has 0 fully saturated rings. The monoisotopic (exact) mass is 708 g/mol. The lowest BCUT2D eigenvalue weighted by molar-refractivity contribution is -0.138. The number of carboxylic acid groups (broad SMARTS) is 2. The average Bonchev–Trinajstić information content (AvgIpc) is 3.10. The topological polar surface area (TPSA) is 146 Å². The molecule has 0 spiro atoms. The maximum atomic E-state index is 15.8. The molecule has 10 nitrogen and oxygen atoms in total. The second-order valence-electron chi connectivity index (χ2n) is 11.5. The van der Waals surface area contributed by atoms with Crippen molar-refractivity contribution in [2.75, 3.05) is 26.4 Å². The molecule has 3 rings (SSSR count). The van der Waals surface area contributed by atoms with Crippen LogP contribution in [-0.2, 0) is 19.1 Å². The molecule has 272 valence electrons. The van der Waals surface area contributed by atoms with Gasteiger partial charge in [-0.1, -0.05) is 31.4 Å². The van der Waals surface area contributed by atoms with Crippen LogP contribution >= 0.6 is 0 Å². The van der Waals surface area contributed by atoms with E-state index in [0.717, 1.165) is 50.0 Å². The number of ether oxygens (including phenoxy) is 4. The smallest absolute Gasteiger partial charge is 0.338 e. The molecule has 3 aromatic rings. The number of hydrogen-bond acceptors (Lipinski definition) is 8. The minimum atomic E-state index is -1.46. The van der Waals surface area contributed by atoms with Crippen molar-refractivity contribution in [2.24, 2.45) is 0 Å². The highest BCUT2D eigenvalue weighted by atomic mass is 19.1. The third kappa shape index (κ3) is 11.5. The highest BCUT2D eigenvalue weighted by Gasteiger charge is 2.24. The molecule has 2 N–H and O–H groups in total. The standard InChI is InChI=1S/C39H42F2O10/c1-4-32(42)50-22-12-8-6-10-20-48-30-18-16-28(38(44)45)36(40)34(30)26-14-15-27(25(3)24-26)35-31(19-17-29(37(35)41)39(46)47)49-21-11-7-9-13-23-51-33(43)5-2/h4-5,14-19,24H,1-2,6-13,20-23H2,3H3,(H,44,45)(H,46,47). The Balaban J connectivity index is 1.81. The lowest BCUT2D eigenvalue weighted by atomic mass is 9.92. The van der Waals surface area contributed by atoms with Crippen molar-refractivity contribution in [1.29, 1.82) is 0 Å². The SMILES string of the molecule is C=CC(=O)OCCCCCCOc1ccc(C(=O)O)c(F)c1-c1ccc(-c2c(OCCCCCCOC(=O)C=C)ccc(C(=O)O)c2F)c(C)c1. The summed E-state index contributed by atoms with van der Waals surface area (Å²) in [5, 5.41) is 19.2. The Bertz CT molecular complexity index is 1730. The molecule has 51 heavy (non-hydrogen) atoms. The molecule has 0 atom stereocenters. The number of rotatable bonds is 22. The van der Waals surface area contributed by atoms with E-state index in [1.54, 1.807) is 13.0 Å². The van der Waals surface area contributed by atoms with Crippen molar-refractivity contribution in [3.05, 3.63) is 96.1 Å². The van der Waals surface area contributed by atoms with Crippen molar-refractivity contribution in [1.82, 2.24) is 0 Å². The molecule has 0 unspecified atom stereocenters. The Kier molecular flexibility index (Phi) is 15.8. The van der Waals surface area contributed by atoms with Crippen LogP contribution in [0.25, 0.3) is 22.3 Å². The zero-order valence-electron chi connectivity index (χ0n) is 28.5. The molecular weight excluding hydrogens is 666 g/mol. The zero-order valence-corrected chi connectivity index (χ0v) is 28.5. The summed E-state index contributed by atoms with van der Waals surface area (Å²) < 4.78 is 53.3. The summed E-state index contributed by atoms with van der Waals surface area (Å²) in [6, 6.07) is 9.56. The number of aryl methyl sites for hydroxylation is 1. The maximum absolute atomic E-state index is 15.8. The lowest BCUT2D eigenvalue weighted by Crippen LogP contribution is -2.07. The number of hydrogen-bond donors (Lipinski definition) is 2. The predicted octanol–water partition coefficient (Wildman–Crippen LogP) is 8.34. The van der Waals surface area contributed by atoms with Crippen LogP contribution < -0.4 is 9.47 Å². The normalized spacial score (nSPS) is 10.6. The number of carbonyl (C=O) groups excluding carboxylic acids is 2.